The Hall–Kier alpha value is -3.67. The average Bonchev–Trinajstić information content (AvgIpc) is 3.02. The Labute approximate surface area is 275 Å². The first-order chi connectivity index (χ1) is 21.3. The van der Waals surface area contributed by atoms with Crippen LogP contribution >= 0.6 is 23.2 Å². The lowest BCUT2D eigenvalue weighted by molar-refractivity contribution is -0.139. The van der Waals surface area contributed by atoms with Crippen LogP contribution in [-0.4, -0.2) is 65.1 Å². The third kappa shape index (κ3) is 9.18. The topological polar surface area (TPSA) is 114 Å². The number of halogens is 2. The van der Waals surface area contributed by atoms with Gasteiger partial charge in [0.05, 0.1) is 41.5 Å². The molecule has 0 unspecified atom stereocenters. The van der Waals surface area contributed by atoms with Gasteiger partial charge < -0.3 is 24.4 Å². The summed E-state index contributed by atoms with van der Waals surface area (Å²) >= 11 is 12.3. The van der Waals surface area contributed by atoms with Gasteiger partial charge in [0.25, 0.3) is 10.0 Å². The molecule has 45 heavy (non-hydrogen) atoms. The number of hydrogen-bond donors (Lipinski definition) is 1. The van der Waals surface area contributed by atoms with Gasteiger partial charge in [0.15, 0.2) is 11.5 Å². The molecule has 3 aromatic carbocycles. The Balaban J connectivity index is 2.08. The molecule has 3 aromatic rings. The molecule has 244 valence electrons. The van der Waals surface area contributed by atoms with Crippen molar-refractivity contribution in [1.29, 1.82) is 0 Å². The third-order valence-corrected chi connectivity index (χ3v) is 9.36. The van der Waals surface area contributed by atoms with Crippen LogP contribution in [0.1, 0.15) is 33.3 Å². The van der Waals surface area contributed by atoms with Gasteiger partial charge >= 0.3 is 0 Å². The van der Waals surface area contributed by atoms with Crippen LogP contribution in [0.3, 0.4) is 0 Å². The van der Waals surface area contributed by atoms with Gasteiger partial charge in [-0.1, -0.05) is 43.1 Å². The van der Waals surface area contributed by atoms with Crippen LogP contribution in [0.15, 0.2) is 65.6 Å². The van der Waals surface area contributed by atoms with Gasteiger partial charge in [0.1, 0.15) is 18.3 Å². The molecule has 0 fully saturated rings. The summed E-state index contributed by atoms with van der Waals surface area (Å²) in [4.78, 5) is 28.5. The molecule has 1 atom stereocenters. The number of sulfonamides is 1. The number of methoxy groups -OCH3 is 2. The Kier molecular flexibility index (Phi) is 12.8. The molecule has 10 nitrogen and oxygen atoms in total. The van der Waals surface area contributed by atoms with E-state index in [0.717, 1.165) is 4.31 Å². The monoisotopic (exact) mass is 679 g/mol. The second kappa shape index (κ2) is 16.1. The van der Waals surface area contributed by atoms with E-state index < -0.39 is 28.5 Å². The van der Waals surface area contributed by atoms with Gasteiger partial charge in [-0.15, -0.1) is 0 Å². The second-order valence-corrected chi connectivity index (χ2v) is 13.2. The molecule has 2 amide bonds. The molecule has 0 aliphatic heterocycles. The minimum atomic E-state index is -4.35. The molecule has 0 heterocycles. The first-order valence-corrected chi connectivity index (χ1v) is 16.5. The second-order valence-electron chi connectivity index (χ2n) is 10.5. The predicted molar refractivity (Wildman–Crippen MR) is 176 cm³/mol. The lowest BCUT2D eigenvalue weighted by Crippen LogP contribution is -2.51. The van der Waals surface area contributed by atoms with E-state index in [1.54, 1.807) is 49.4 Å². The lowest BCUT2D eigenvalue weighted by Gasteiger charge is -2.32. The molecule has 0 radical (unpaired) electrons. The largest absolute Gasteiger partial charge is 0.494 e. The molecule has 0 bridgehead atoms. The van der Waals surface area contributed by atoms with Gasteiger partial charge in [0.2, 0.25) is 11.8 Å². The molecule has 0 spiro atoms. The summed E-state index contributed by atoms with van der Waals surface area (Å²) in [5.41, 5.74) is 0.824. The number of ether oxygens (including phenoxy) is 3. The van der Waals surface area contributed by atoms with Gasteiger partial charge in [-0.3, -0.25) is 13.9 Å². The molecule has 0 aliphatic carbocycles. The van der Waals surface area contributed by atoms with Gasteiger partial charge in [-0.05, 0) is 73.9 Å². The number of nitrogens with zero attached hydrogens (tertiary/aromatic N) is 2. The summed E-state index contributed by atoms with van der Waals surface area (Å²) in [6, 6.07) is 14.5. The van der Waals surface area contributed by atoms with E-state index in [1.165, 1.54) is 37.3 Å². The van der Waals surface area contributed by atoms with E-state index in [9.17, 15) is 18.0 Å². The Bertz CT molecular complexity index is 1580. The fraction of sp³-hybridized carbons (Fsp3) is 0.375. The quantitative estimate of drug-likeness (QED) is 0.216. The van der Waals surface area contributed by atoms with Crippen molar-refractivity contribution in [3.8, 4) is 17.2 Å². The molecule has 0 saturated heterocycles. The molecule has 0 saturated carbocycles. The highest BCUT2D eigenvalue weighted by Crippen LogP contribution is 2.33. The molecular weight excluding hydrogens is 641 g/mol. The normalized spacial score (nSPS) is 11.9. The fourth-order valence-corrected chi connectivity index (χ4v) is 6.13. The van der Waals surface area contributed by atoms with Crippen LogP contribution in [0.25, 0.3) is 0 Å². The summed E-state index contributed by atoms with van der Waals surface area (Å²) in [6.07, 6.45) is 0. The summed E-state index contributed by atoms with van der Waals surface area (Å²) < 4.78 is 45.5. The van der Waals surface area contributed by atoms with E-state index in [0.29, 0.717) is 35.2 Å². The van der Waals surface area contributed by atoms with Crippen molar-refractivity contribution >= 4 is 50.7 Å². The van der Waals surface area contributed by atoms with Crippen LogP contribution < -0.4 is 23.8 Å². The average molecular weight is 681 g/mol. The van der Waals surface area contributed by atoms with Gasteiger partial charge in [0, 0.05) is 19.2 Å². The smallest absolute Gasteiger partial charge is 0.264 e. The maximum Gasteiger partial charge on any atom is 0.264 e. The van der Waals surface area contributed by atoms with Crippen molar-refractivity contribution in [1.82, 2.24) is 10.2 Å². The van der Waals surface area contributed by atoms with E-state index in [-0.39, 0.29) is 39.7 Å². The van der Waals surface area contributed by atoms with Crippen molar-refractivity contribution in [2.75, 3.05) is 38.2 Å². The number of nitrogens with one attached hydrogen (secondary N) is 1. The van der Waals surface area contributed by atoms with E-state index in [1.807, 2.05) is 20.8 Å². The summed E-state index contributed by atoms with van der Waals surface area (Å²) in [7, 11) is -1.51. The maximum absolute atomic E-state index is 14.2. The van der Waals surface area contributed by atoms with Crippen LogP contribution in [0.2, 0.25) is 10.0 Å². The van der Waals surface area contributed by atoms with Gasteiger partial charge in [-0.2, -0.15) is 0 Å². The fourth-order valence-electron chi connectivity index (χ4n) is 4.38. The van der Waals surface area contributed by atoms with Gasteiger partial charge in [-0.25, -0.2) is 8.42 Å². The Morgan fingerprint density at radius 3 is 2.13 bits per heavy atom. The molecule has 1 N–H and O–H groups in total. The summed E-state index contributed by atoms with van der Waals surface area (Å²) in [6.45, 7) is 7.52. The van der Waals surface area contributed by atoms with Crippen molar-refractivity contribution in [3.05, 3.63) is 76.3 Å². The standard InChI is InChI=1S/C32H39Cl2N3O7S/c1-7-44-25-11-9-24(10-12-25)37(45(40,41)26-13-15-29(42-5)30(17-26)43-6)20-31(38)36(22(4)32(39)35-18-21(2)3)19-23-8-14-27(33)28(34)16-23/h8-17,21-22H,7,18-20H2,1-6H3,(H,35,39)/t22-/m0/s1. The van der Waals surface area contributed by atoms with Crippen molar-refractivity contribution in [2.45, 2.75) is 45.2 Å². The number of carbonyl (C=O) groups excluding carboxylic acids is 2. The summed E-state index contributed by atoms with van der Waals surface area (Å²) in [5, 5.41) is 3.47. The molecule has 13 heteroatoms. The first kappa shape index (κ1) is 35.8. The molecule has 0 aromatic heterocycles. The Morgan fingerprint density at radius 2 is 1.56 bits per heavy atom. The maximum atomic E-state index is 14.2. The highest BCUT2D eigenvalue weighted by molar-refractivity contribution is 7.92. The Morgan fingerprint density at radius 1 is 0.889 bits per heavy atom. The van der Waals surface area contributed by atoms with Crippen LogP contribution in [0.5, 0.6) is 17.2 Å². The molecule has 0 aliphatic rings. The number of benzene rings is 3. The van der Waals surface area contributed by atoms with Crippen molar-refractivity contribution < 1.29 is 32.2 Å². The zero-order valence-electron chi connectivity index (χ0n) is 26.2. The minimum Gasteiger partial charge on any atom is -0.494 e. The number of carbonyl (C=O) groups is 2. The van der Waals surface area contributed by atoms with E-state index in [2.05, 4.69) is 5.32 Å². The summed E-state index contributed by atoms with van der Waals surface area (Å²) in [5.74, 6) is 0.260. The molecular formula is C32H39Cl2N3O7S. The molecule has 3 rings (SSSR count). The SMILES string of the molecule is CCOc1ccc(N(CC(=O)N(Cc2ccc(Cl)c(Cl)c2)[C@@H](C)C(=O)NCC(C)C)S(=O)(=O)c2ccc(OC)c(OC)c2)cc1. The third-order valence-electron chi connectivity index (χ3n) is 6.85. The number of rotatable bonds is 15. The van der Waals surface area contributed by atoms with Crippen LogP contribution in [0, 0.1) is 5.92 Å². The predicted octanol–water partition coefficient (Wildman–Crippen LogP) is 5.79. The highest BCUT2D eigenvalue weighted by atomic mass is 35.5. The highest BCUT2D eigenvalue weighted by Gasteiger charge is 2.33. The number of amides is 2. The zero-order chi connectivity index (χ0) is 33.3. The van der Waals surface area contributed by atoms with Crippen molar-refractivity contribution in [2.24, 2.45) is 5.92 Å². The van der Waals surface area contributed by atoms with Crippen LogP contribution in [-0.2, 0) is 26.2 Å². The minimum absolute atomic E-state index is 0.0283. The van der Waals surface area contributed by atoms with Crippen molar-refractivity contribution in [3.63, 3.8) is 0 Å². The van der Waals surface area contributed by atoms with Crippen LogP contribution in [0.4, 0.5) is 5.69 Å². The zero-order valence-corrected chi connectivity index (χ0v) is 28.5. The van der Waals surface area contributed by atoms with E-state index >= 15 is 0 Å². The number of hydrogen-bond acceptors (Lipinski definition) is 7. The number of anilines is 1. The first-order valence-electron chi connectivity index (χ1n) is 14.3. The van der Waals surface area contributed by atoms with E-state index in [4.69, 9.17) is 37.4 Å². The lowest BCUT2D eigenvalue weighted by atomic mass is 10.1.